The number of unbranched alkanes of at least 4 members (excludes halogenated alkanes) is 1. The summed E-state index contributed by atoms with van der Waals surface area (Å²) < 4.78 is 60.1. The molecule has 0 unspecified atom stereocenters. The van der Waals surface area contributed by atoms with Crippen LogP contribution in [0, 0.1) is 23.3 Å². The third kappa shape index (κ3) is 4.96. The Balaban J connectivity index is 1.67. The quantitative estimate of drug-likeness (QED) is 0.196. The number of rotatable bonds is 7. The van der Waals surface area contributed by atoms with E-state index < -0.39 is 31.3 Å². The number of hydrogen-bond acceptors (Lipinski definition) is 1. The van der Waals surface area contributed by atoms with Gasteiger partial charge in [0.2, 0.25) is 0 Å². The predicted octanol–water partition coefficient (Wildman–Crippen LogP) is 8.67. The van der Waals surface area contributed by atoms with Crippen molar-refractivity contribution in [3.05, 3.63) is 96.1 Å². The second-order valence-corrected chi connectivity index (χ2v) is 14.5. The smallest absolute Gasteiger partial charge is 0.167 e. The van der Waals surface area contributed by atoms with Crippen molar-refractivity contribution in [2.24, 2.45) is 0 Å². The molecule has 0 aliphatic heterocycles. The number of phenolic OH excluding ortho intramolecular Hbond substituents is 1. The van der Waals surface area contributed by atoms with Gasteiger partial charge in [-0.25, -0.2) is 17.6 Å². The standard InChI is InChI=1S/C30H28F4OSi/c1-4-5-18-36(2,3)22-12-8-20(9-13-22)24-15-17-26(30(34)28(24)32)25-16-14-23(27(31)29(25)33)19-6-10-21(35)11-7-19/h6-17,35H,4-5,18H2,1-3H3. The van der Waals surface area contributed by atoms with Gasteiger partial charge in [-0.05, 0) is 23.3 Å². The van der Waals surface area contributed by atoms with Gasteiger partial charge in [0.1, 0.15) is 5.75 Å². The summed E-state index contributed by atoms with van der Waals surface area (Å²) in [4.78, 5) is 0. The van der Waals surface area contributed by atoms with Crippen LogP contribution >= 0.6 is 0 Å². The van der Waals surface area contributed by atoms with Gasteiger partial charge in [-0.2, -0.15) is 0 Å². The molecule has 186 valence electrons. The van der Waals surface area contributed by atoms with E-state index in [9.17, 15) is 13.9 Å². The van der Waals surface area contributed by atoms with Crippen LogP contribution in [-0.4, -0.2) is 13.2 Å². The van der Waals surface area contributed by atoms with Crippen LogP contribution in [0.2, 0.25) is 19.1 Å². The lowest BCUT2D eigenvalue weighted by atomic mass is 9.96. The molecule has 0 fully saturated rings. The fourth-order valence-corrected chi connectivity index (χ4v) is 7.06. The van der Waals surface area contributed by atoms with E-state index >= 15 is 8.78 Å². The number of phenols is 1. The molecule has 4 aromatic rings. The summed E-state index contributed by atoms with van der Waals surface area (Å²) in [6.07, 6.45) is 2.30. The number of halogens is 4. The van der Waals surface area contributed by atoms with E-state index in [1.807, 2.05) is 12.1 Å². The van der Waals surface area contributed by atoms with Gasteiger partial charge in [0.25, 0.3) is 0 Å². The molecule has 0 amide bonds. The summed E-state index contributed by atoms with van der Waals surface area (Å²) >= 11 is 0. The van der Waals surface area contributed by atoms with Crippen molar-refractivity contribution in [3.63, 3.8) is 0 Å². The van der Waals surface area contributed by atoms with Gasteiger partial charge in [0, 0.05) is 22.3 Å². The molecular formula is C30H28F4OSi. The van der Waals surface area contributed by atoms with Crippen LogP contribution in [0.15, 0.2) is 72.8 Å². The normalized spacial score (nSPS) is 11.6. The minimum atomic E-state index is -1.60. The van der Waals surface area contributed by atoms with Crippen molar-refractivity contribution in [1.82, 2.24) is 0 Å². The first-order valence-corrected chi connectivity index (χ1v) is 15.2. The van der Waals surface area contributed by atoms with E-state index in [4.69, 9.17) is 0 Å². The number of benzene rings is 4. The molecule has 4 aromatic carbocycles. The minimum absolute atomic E-state index is 0.00851. The molecule has 0 radical (unpaired) electrons. The Morgan fingerprint density at radius 3 is 1.42 bits per heavy atom. The molecule has 0 bridgehead atoms. The second-order valence-electron chi connectivity index (χ2n) is 9.69. The van der Waals surface area contributed by atoms with Crippen LogP contribution in [0.1, 0.15) is 19.8 Å². The highest BCUT2D eigenvalue weighted by Gasteiger charge is 2.24. The van der Waals surface area contributed by atoms with E-state index in [2.05, 4.69) is 20.0 Å². The topological polar surface area (TPSA) is 20.2 Å². The molecule has 0 spiro atoms. The van der Waals surface area contributed by atoms with E-state index in [0.29, 0.717) is 11.1 Å². The molecule has 0 saturated heterocycles. The van der Waals surface area contributed by atoms with Crippen LogP contribution in [0.25, 0.3) is 33.4 Å². The second kappa shape index (κ2) is 10.3. The fraction of sp³-hybridized carbons (Fsp3) is 0.200. The Labute approximate surface area is 210 Å². The first-order valence-electron chi connectivity index (χ1n) is 12.0. The van der Waals surface area contributed by atoms with Crippen LogP contribution in [-0.2, 0) is 0 Å². The third-order valence-corrected chi connectivity index (χ3v) is 10.3. The summed E-state index contributed by atoms with van der Waals surface area (Å²) in [7, 11) is -1.60. The molecule has 36 heavy (non-hydrogen) atoms. The zero-order chi connectivity index (χ0) is 26.0. The summed E-state index contributed by atoms with van der Waals surface area (Å²) in [5.74, 6) is -4.79. The van der Waals surface area contributed by atoms with E-state index in [-0.39, 0.29) is 28.0 Å². The molecular weight excluding hydrogens is 480 g/mol. The molecule has 4 rings (SSSR count). The summed E-state index contributed by atoms with van der Waals surface area (Å²) in [6, 6.07) is 19.5. The van der Waals surface area contributed by atoms with Crippen LogP contribution < -0.4 is 5.19 Å². The van der Waals surface area contributed by atoms with Gasteiger partial charge in [0.15, 0.2) is 23.3 Å². The molecule has 0 heterocycles. The highest BCUT2D eigenvalue weighted by atomic mass is 28.3. The number of hydrogen-bond donors (Lipinski definition) is 1. The lowest BCUT2D eigenvalue weighted by Crippen LogP contribution is -2.40. The van der Waals surface area contributed by atoms with Gasteiger partial charge >= 0.3 is 0 Å². The van der Waals surface area contributed by atoms with Gasteiger partial charge < -0.3 is 5.11 Å². The van der Waals surface area contributed by atoms with Gasteiger partial charge in [-0.1, -0.05) is 105 Å². The van der Waals surface area contributed by atoms with E-state index in [1.54, 1.807) is 12.1 Å². The Morgan fingerprint density at radius 2 is 0.972 bits per heavy atom. The monoisotopic (exact) mass is 508 g/mol. The lowest BCUT2D eigenvalue weighted by Gasteiger charge is -2.23. The predicted molar refractivity (Wildman–Crippen MR) is 141 cm³/mol. The van der Waals surface area contributed by atoms with Crippen LogP contribution in [0.3, 0.4) is 0 Å². The van der Waals surface area contributed by atoms with Crippen molar-refractivity contribution >= 4 is 13.3 Å². The Hall–Kier alpha value is -3.38. The summed E-state index contributed by atoms with van der Waals surface area (Å²) in [6.45, 7) is 6.76. The van der Waals surface area contributed by atoms with Crippen molar-refractivity contribution in [3.8, 4) is 39.1 Å². The zero-order valence-corrected chi connectivity index (χ0v) is 21.5. The van der Waals surface area contributed by atoms with Crippen LogP contribution in [0.5, 0.6) is 5.75 Å². The van der Waals surface area contributed by atoms with Crippen molar-refractivity contribution in [2.45, 2.75) is 38.9 Å². The molecule has 0 atom stereocenters. The maximum absolute atomic E-state index is 15.1. The fourth-order valence-electron chi connectivity index (χ4n) is 4.47. The largest absolute Gasteiger partial charge is 0.508 e. The van der Waals surface area contributed by atoms with Gasteiger partial charge in [-0.15, -0.1) is 0 Å². The molecule has 1 N–H and O–H groups in total. The van der Waals surface area contributed by atoms with Crippen molar-refractivity contribution in [2.75, 3.05) is 0 Å². The molecule has 0 aromatic heterocycles. The Morgan fingerprint density at radius 1 is 0.583 bits per heavy atom. The average molecular weight is 509 g/mol. The molecule has 1 nitrogen and oxygen atoms in total. The highest BCUT2D eigenvalue weighted by Crippen LogP contribution is 2.36. The third-order valence-electron chi connectivity index (χ3n) is 6.77. The first-order chi connectivity index (χ1) is 17.1. The van der Waals surface area contributed by atoms with Crippen molar-refractivity contribution in [1.29, 1.82) is 0 Å². The highest BCUT2D eigenvalue weighted by molar-refractivity contribution is 6.89. The SMILES string of the molecule is CCCC[Si](C)(C)c1ccc(-c2ccc(-c3ccc(-c4ccc(O)cc4)c(F)c3F)c(F)c2F)cc1. The maximum atomic E-state index is 15.1. The zero-order valence-electron chi connectivity index (χ0n) is 20.5. The first kappa shape index (κ1) is 25.7. The number of aromatic hydroxyl groups is 1. The van der Waals surface area contributed by atoms with E-state index in [0.717, 1.165) is 18.9 Å². The molecule has 6 heteroatoms. The van der Waals surface area contributed by atoms with Gasteiger partial charge in [0.05, 0.1) is 8.07 Å². The molecule has 0 saturated carbocycles. The summed E-state index contributed by atoms with van der Waals surface area (Å²) in [5.41, 5.74) is 0.182. The minimum Gasteiger partial charge on any atom is -0.508 e. The Kier molecular flexibility index (Phi) is 7.36. The summed E-state index contributed by atoms with van der Waals surface area (Å²) in [5, 5.41) is 10.7. The van der Waals surface area contributed by atoms with Crippen molar-refractivity contribution < 1.29 is 22.7 Å². The molecule has 0 aliphatic carbocycles. The van der Waals surface area contributed by atoms with Crippen LogP contribution in [0.4, 0.5) is 17.6 Å². The van der Waals surface area contributed by atoms with Gasteiger partial charge in [-0.3, -0.25) is 0 Å². The average Bonchev–Trinajstić information content (AvgIpc) is 2.87. The Bertz CT molecular complexity index is 1380. The van der Waals surface area contributed by atoms with E-state index in [1.165, 1.54) is 53.7 Å². The lowest BCUT2D eigenvalue weighted by molar-refractivity contribution is 0.475. The molecule has 0 aliphatic rings. The maximum Gasteiger partial charge on any atom is 0.167 e.